The zero-order chi connectivity index (χ0) is 32.2. The summed E-state index contributed by atoms with van der Waals surface area (Å²) in [5.74, 6) is 6.04. The maximum absolute atomic E-state index is 9.74. The molecule has 238 valence electrons. The Bertz CT molecular complexity index is 1520. The van der Waals surface area contributed by atoms with Crippen LogP contribution in [0.25, 0.3) is 0 Å². The van der Waals surface area contributed by atoms with E-state index in [9.17, 15) is 5.11 Å². The van der Waals surface area contributed by atoms with Gasteiger partial charge in [0.1, 0.15) is 31.0 Å². The van der Waals surface area contributed by atoms with Gasteiger partial charge in [-0.3, -0.25) is 0 Å². The van der Waals surface area contributed by atoms with Gasteiger partial charge in [-0.15, -0.1) is 0 Å². The van der Waals surface area contributed by atoms with E-state index in [0.29, 0.717) is 19.8 Å². The summed E-state index contributed by atoms with van der Waals surface area (Å²) < 4.78 is 27.0. The van der Waals surface area contributed by atoms with Crippen molar-refractivity contribution < 1.29 is 23.7 Å². The molecule has 0 bridgehead atoms. The van der Waals surface area contributed by atoms with E-state index in [1.165, 1.54) is 10.4 Å². The summed E-state index contributed by atoms with van der Waals surface area (Å²) >= 11 is 0. The average molecular weight is 633 g/mol. The summed E-state index contributed by atoms with van der Waals surface area (Å²) in [6.07, 6.45) is 2.01. The predicted octanol–water partition coefficient (Wildman–Crippen LogP) is 6.05. The van der Waals surface area contributed by atoms with Crippen molar-refractivity contribution in [2.45, 2.75) is 63.4 Å². The molecule has 0 saturated carbocycles. The Balaban J connectivity index is 1.51. The molecule has 4 aromatic rings. The summed E-state index contributed by atoms with van der Waals surface area (Å²) in [6, 6.07) is 41.3. The minimum atomic E-state index is -2.96. The van der Waals surface area contributed by atoms with Crippen LogP contribution in [0.4, 0.5) is 0 Å². The van der Waals surface area contributed by atoms with Gasteiger partial charge in [0.25, 0.3) is 8.32 Å². The molecule has 1 aliphatic rings. The number of aliphatic hydroxyl groups is 1. The second kappa shape index (κ2) is 16.2. The fourth-order valence-corrected chi connectivity index (χ4v) is 10.6. The fourth-order valence-electron chi connectivity index (χ4n) is 5.98. The maximum Gasteiger partial charge on any atom is 0.262 e. The lowest BCUT2D eigenvalue weighted by Gasteiger charge is -2.45. The van der Waals surface area contributed by atoms with Gasteiger partial charge in [-0.25, -0.2) is 0 Å². The summed E-state index contributed by atoms with van der Waals surface area (Å²) in [7, 11) is -2.96. The van der Waals surface area contributed by atoms with Crippen molar-refractivity contribution in [3.63, 3.8) is 0 Å². The topological polar surface area (TPSA) is 57.2 Å². The Labute approximate surface area is 274 Å². The standard InChI is InChI=1S/C40H44O5Si/c1-40(2,3)46(34-21-12-6-13-22-34,35-23-14-7-15-24-35)45-38-27-26-36(43-30-33-19-10-5-11-20-33)39(44-37(38)25-16-28-41)31-42-29-32-17-8-4-9-18-32/h4-15,17-24,26-27,36-39,41H,28-31H2,1-3H3/t36-,37?,38+,39+/m0/s1. The molecule has 1 heterocycles. The normalized spacial score (nSPS) is 20.0. The summed E-state index contributed by atoms with van der Waals surface area (Å²) in [5, 5.41) is 11.8. The zero-order valence-electron chi connectivity index (χ0n) is 26.9. The Morgan fingerprint density at radius 3 is 1.72 bits per heavy atom. The molecule has 5 nitrogen and oxygen atoms in total. The van der Waals surface area contributed by atoms with E-state index in [2.05, 4.69) is 81.1 Å². The van der Waals surface area contributed by atoms with Crippen molar-refractivity contribution in [2.75, 3.05) is 13.2 Å². The highest BCUT2D eigenvalue weighted by molar-refractivity contribution is 6.99. The largest absolute Gasteiger partial charge is 0.397 e. The molecule has 4 aromatic carbocycles. The second-order valence-corrected chi connectivity index (χ2v) is 16.7. The van der Waals surface area contributed by atoms with Crippen LogP contribution in [0.2, 0.25) is 5.04 Å². The minimum absolute atomic E-state index is 0.244. The van der Waals surface area contributed by atoms with E-state index in [-0.39, 0.29) is 11.6 Å². The first-order chi connectivity index (χ1) is 22.4. The first-order valence-corrected chi connectivity index (χ1v) is 17.8. The smallest absolute Gasteiger partial charge is 0.262 e. The van der Waals surface area contributed by atoms with Gasteiger partial charge in [0.05, 0.1) is 19.8 Å². The van der Waals surface area contributed by atoms with Crippen LogP contribution in [-0.4, -0.2) is 51.1 Å². The van der Waals surface area contributed by atoms with Gasteiger partial charge in [0.15, 0.2) is 0 Å². The van der Waals surface area contributed by atoms with Crippen LogP contribution in [0, 0.1) is 11.8 Å². The van der Waals surface area contributed by atoms with Crippen LogP contribution in [0.3, 0.4) is 0 Å². The molecule has 0 amide bonds. The van der Waals surface area contributed by atoms with Gasteiger partial charge >= 0.3 is 0 Å². The summed E-state index contributed by atoms with van der Waals surface area (Å²) in [6.45, 7) is 7.63. The van der Waals surface area contributed by atoms with Gasteiger partial charge in [0, 0.05) is 0 Å². The van der Waals surface area contributed by atoms with Crippen molar-refractivity contribution in [1.29, 1.82) is 0 Å². The lowest BCUT2D eigenvalue weighted by atomic mass is 10.1. The van der Waals surface area contributed by atoms with Gasteiger partial charge in [-0.05, 0) is 26.5 Å². The van der Waals surface area contributed by atoms with E-state index >= 15 is 0 Å². The van der Waals surface area contributed by atoms with Crippen LogP contribution in [0.15, 0.2) is 133 Å². The molecule has 1 aliphatic heterocycles. The molecule has 6 heteroatoms. The van der Waals surface area contributed by atoms with Crippen LogP contribution in [0.5, 0.6) is 0 Å². The molecule has 5 rings (SSSR count). The minimum Gasteiger partial charge on any atom is -0.397 e. The number of hydrogen-bond donors (Lipinski definition) is 1. The molecule has 0 aromatic heterocycles. The maximum atomic E-state index is 9.74. The van der Waals surface area contributed by atoms with E-state index in [1.807, 2.05) is 84.9 Å². The molecule has 1 unspecified atom stereocenters. The molecular formula is C40H44O5Si. The molecule has 4 atom stereocenters. The number of benzene rings is 4. The van der Waals surface area contributed by atoms with Gasteiger partial charge in [-0.2, -0.15) is 0 Å². The molecule has 1 N–H and O–H groups in total. The highest BCUT2D eigenvalue weighted by atomic mass is 28.4. The molecule has 46 heavy (non-hydrogen) atoms. The lowest BCUT2D eigenvalue weighted by Crippen LogP contribution is -2.68. The van der Waals surface area contributed by atoms with Crippen molar-refractivity contribution in [1.82, 2.24) is 0 Å². The quantitative estimate of drug-likeness (QED) is 0.124. The van der Waals surface area contributed by atoms with Gasteiger partial charge in [0.2, 0.25) is 0 Å². The molecule has 0 radical (unpaired) electrons. The third-order valence-corrected chi connectivity index (χ3v) is 13.2. The number of rotatable bonds is 11. The third-order valence-electron chi connectivity index (χ3n) is 8.21. The van der Waals surface area contributed by atoms with Crippen LogP contribution in [-0.2, 0) is 31.9 Å². The Kier molecular flexibility index (Phi) is 11.8. The van der Waals surface area contributed by atoms with Crippen molar-refractivity contribution in [2.24, 2.45) is 0 Å². The highest BCUT2D eigenvalue weighted by Gasteiger charge is 2.52. The van der Waals surface area contributed by atoms with Crippen molar-refractivity contribution >= 4 is 18.7 Å². The summed E-state index contributed by atoms with van der Waals surface area (Å²) in [5.41, 5.74) is 2.15. The van der Waals surface area contributed by atoms with Crippen LogP contribution < -0.4 is 10.4 Å². The van der Waals surface area contributed by atoms with E-state index in [4.69, 9.17) is 18.6 Å². The number of hydrogen-bond acceptors (Lipinski definition) is 5. The van der Waals surface area contributed by atoms with E-state index in [0.717, 1.165) is 11.1 Å². The highest BCUT2D eigenvalue weighted by Crippen LogP contribution is 2.38. The molecular weight excluding hydrogens is 589 g/mol. The zero-order valence-corrected chi connectivity index (χ0v) is 27.9. The second-order valence-electron chi connectivity index (χ2n) is 12.5. The molecule has 0 aliphatic carbocycles. The van der Waals surface area contributed by atoms with Crippen molar-refractivity contribution in [3.8, 4) is 11.8 Å². The van der Waals surface area contributed by atoms with E-state index in [1.54, 1.807) is 0 Å². The number of ether oxygens (including phenoxy) is 3. The first kappa shape index (κ1) is 33.6. The molecule has 0 spiro atoms. The Morgan fingerprint density at radius 2 is 1.20 bits per heavy atom. The Hall–Kier alpha value is -3.80. The van der Waals surface area contributed by atoms with Gasteiger partial charge < -0.3 is 23.7 Å². The SMILES string of the molecule is CC(C)(C)[Si](O[C@@H]1C=C[C@H](OCc2ccccc2)[C@@H](COCc2ccccc2)OC1C#CCO)(c1ccccc1)c1ccccc1. The van der Waals surface area contributed by atoms with Gasteiger partial charge in [-0.1, -0.05) is 166 Å². The first-order valence-electron chi connectivity index (χ1n) is 15.9. The fraction of sp³-hybridized carbons (Fsp3) is 0.300. The van der Waals surface area contributed by atoms with E-state index < -0.39 is 32.7 Å². The third kappa shape index (κ3) is 8.31. The predicted molar refractivity (Wildman–Crippen MR) is 186 cm³/mol. The Morgan fingerprint density at radius 1 is 0.696 bits per heavy atom. The molecule has 0 saturated heterocycles. The van der Waals surface area contributed by atoms with Crippen LogP contribution in [0.1, 0.15) is 31.9 Å². The monoisotopic (exact) mass is 632 g/mol. The summed E-state index contributed by atoms with van der Waals surface area (Å²) in [4.78, 5) is 0. The molecule has 0 fully saturated rings. The van der Waals surface area contributed by atoms with Crippen LogP contribution >= 0.6 is 0 Å². The average Bonchev–Trinajstić information content (AvgIpc) is 3.24. The van der Waals surface area contributed by atoms with Crippen molar-refractivity contribution in [3.05, 3.63) is 145 Å². The number of aliphatic hydroxyl groups excluding tert-OH is 1. The lowest BCUT2D eigenvalue weighted by molar-refractivity contribution is -0.116.